The summed E-state index contributed by atoms with van der Waals surface area (Å²) in [5, 5.41) is 3.58. The Morgan fingerprint density at radius 3 is 2.47 bits per heavy atom. The standard InChI is InChI=1S/C17H29NO/c1-4-5-6-7-8-11-14-18-15(2)16-12-9-10-13-17(16)19-3/h9-10,12-13,15,18H,4-8,11,14H2,1-3H3. The Morgan fingerprint density at radius 2 is 1.74 bits per heavy atom. The maximum atomic E-state index is 5.40. The molecule has 1 unspecified atom stereocenters. The van der Waals surface area contributed by atoms with Crippen molar-refractivity contribution in [2.45, 2.75) is 58.4 Å². The van der Waals surface area contributed by atoms with Crippen LogP contribution < -0.4 is 10.1 Å². The summed E-state index contributed by atoms with van der Waals surface area (Å²) in [6, 6.07) is 8.60. The number of para-hydroxylation sites is 1. The van der Waals surface area contributed by atoms with Crippen LogP contribution in [0.15, 0.2) is 24.3 Å². The van der Waals surface area contributed by atoms with Crippen LogP contribution in [-0.2, 0) is 0 Å². The first kappa shape index (κ1) is 16.0. The van der Waals surface area contributed by atoms with Gasteiger partial charge >= 0.3 is 0 Å². The van der Waals surface area contributed by atoms with Crippen molar-refractivity contribution in [3.05, 3.63) is 29.8 Å². The van der Waals surface area contributed by atoms with Crippen LogP contribution >= 0.6 is 0 Å². The van der Waals surface area contributed by atoms with Gasteiger partial charge in [0, 0.05) is 11.6 Å². The Bertz CT molecular complexity index is 338. The molecule has 0 radical (unpaired) electrons. The number of hydrogen-bond donors (Lipinski definition) is 1. The molecule has 0 heterocycles. The molecule has 108 valence electrons. The minimum atomic E-state index is 0.354. The van der Waals surface area contributed by atoms with Gasteiger partial charge in [-0.2, -0.15) is 0 Å². The zero-order chi connectivity index (χ0) is 13.9. The lowest BCUT2D eigenvalue weighted by Crippen LogP contribution is -2.20. The van der Waals surface area contributed by atoms with Crippen molar-refractivity contribution in [2.24, 2.45) is 0 Å². The number of hydrogen-bond acceptors (Lipinski definition) is 2. The second-order valence-electron chi connectivity index (χ2n) is 5.19. The first-order valence-corrected chi connectivity index (χ1v) is 7.66. The molecule has 1 aromatic rings. The van der Waals surface area contributed by atoms with E-state index in [2.05, 4.69) is 31.3 Å². The van der Waals surface area contributed by atoms with E-state index in [0.29, 0.717) is 6.04 Å². The Labute approximate surface area is 118 Å². The molecule has 1 atom stereocenters. The molecule has 0 fully saturated rings. The SMILES string of the molecule is CCCCCCCCNC(C)c1ccccc1OC. The Balaban J connectivity index is 2.22. The zero-order valence-corrected chi connectivity index (χ0v) is 12.7. The highest BCUT2D eigenvalue weighted by Crippen LogP contribution is 2.24. The van der Waals surface area contributed by atoms with Crippen LogP contribution in [0.25, 0.3) is 0 Å². The van der Waals surface area contributed by atoms with Crippen LogP contribution in [0.1, 0.15) is 64.0 Å². The summed E-state index contributed by atoms with van der Waals surface area (Å²) in [5.41, 5.74) is 1.25. The van der Waals surface area contributed by atoms with Gasteiger partial charge in [0.2, 0.25) is 0 Å². The summed E-state index contributed by atoms with van der Waals surface area (Å²) < 4.78 is 5.40. The largest absolute Gasteiger partial charge is 0.496 e. The molecule has 1 aromatic carbocycles. The predicted molar refractivity (Wildman–Crippen MR) is 82.8 cm³/mol. The van der Waals surface area contributed by atoms with E-state index in [0.717, 1.165) is 12.3 Å². The molecule has 0 bridgehead atoms. The van der Waals surface area contributed by atoms with Gasteiger partial charge < -0.3 is 10.1 Å². The van der Waals surface area contributed by atoms with Crippen LogP contribution in [0, 0.1) is 0 Å². The molecule has 2 nitrogen and oxygen atoms in total. The summed E-state index contributed by atoms with van der Waals surface area (Å²) in [7, 11) is 1.74. The number of unbranched alkanes of at least 4 members (excludes halogenated alkanes) is 5. The molecule has 0 aliphatic heterocycles. The van der Waals surface area contributed by atoms with E-state index in [1.807, 2.05) is 12.1 Å². The van der Waals surface area contributed by atoms with Gasteiger partial charge in [-0.3, -0.25) is 0 Å². The lowest BCUT2D eigenvalue weighted by molar-refractivity contribution is 0.401. The van der Waals surface area contributed by atoms with Gasteiger partial charge in [-0.15, -0.1) is 0 Å². The fraction of sp³-hybridized carbons (Fsp3) is 0.647. The van der Waals surface area contributed by atoms with E-state index in [1.165, 1.54) is 44.1 Å². The third-order valence-electron chi connectivity index (χ3n) is 3.59. The van der Waals surface area contributed by atoms with Gasteiger partial charge in [-0.1, -0.05) is 57.2 Å². The number of ether oxygens (including phenoxy) is 1. The van der Waals surface area contributed by atoms with Crippen molar-refractivity contribution in [3.8, 4) is 5.75 Å². The first-order chi connectivity index (χ1) is 9.29. The Morgan fingerprint density at radius 1 is 1.05 bits per heavy atom. The normalized spacial score (nSPS) is 12.4. The maximum absolute atomic E-state index is 5.40. The van der Waals surface area contributed by atoms with Crippen LogP contribution in [0.4, 0.5) is 0 Å². The molecule has 0 saturated carbocycles. The van der Waals surface area contributed by atoms with E-state index in [-0.39, 0.29) is 0 Å². The molecule has 0 aliphatic rings. The lowest BCUT2D eigenvalue weighted by Gasteiger charge is -2.17. The van der Waals surface area contributed by atoms with Crippen molar-refractivity contribution in [1.29, 1.82) is 0 Å². The van der Waals surface area contributed by atoms with Crippen LogP contribution in [0.3, 0.4) is 0 Å². The monoisotopic (exact) mass is 263 g/mol. The Kier molecular flexibility index (Phi) is 8.31. The van der Waals surface area contributed by atoms with Crippen molar-refractivity contribution in [2.75, 3.05) is 13.7 Å². The van der Waals surface area contributed by atoms with Crippen molar-refractivity contribution >= 4 is 0 Å². The molecule has 0 amide bonds. The fourth-order valence-corrected chi connectivity index (χ4v) is 2.36. The van der Waals surface area contributed by atoms with E-state index >= 15 is 0 Å². The summed E-state index contributed by atoms with van der Waals surface area (Å²) >= 11 is 0. The van der Waals surface area contributed by atoms with Gasteiger partial charge in [0.1, 0.15) is 5.75 Å². The van der Waals surface area contributed by atoms with Crippen molar-refractivity contribution in [1.82, 2.24) is 5.32 Å². The topological polar surface area (TPSA) is 21.3 Å². The highest BCUT2D eigenvalue weighted by atomic mass is 16.5. The van der Waals surface area contributed by atoms with Crippen molar-refractivity contribution in [3.63, 3.8) is 0 Å². The number of methoxy groups -OCH3 is 1. The summed E-state index contributed by atoms with van der Waals surface area (Å²) in [6.45, 7) is 5.55. The number of rotatable bonds is 10. The van der Waals surface area contributed by atoms with Gasteiger partial charge in [0.05, 0.1) is 7.11 Å². The fourth-order valence-electron chi connectivity index (χ4n) is 2.36. The third-order valence-corrected chi connectivity index (χ3v) is 3.59. The molecule has 0 saturated heterocycles. The van der Waals surface area contributed by atoms with E-state index in [4.69, 9.17) is 4.74 Å². The minimum absolute atomic E-state index is 0.354. The smallest absolute Gasteiger partial charge is 0.123 e. The highest BCUT2D eigenvalue weighted by Gasteiger charge is 2.09. The van der Waals surface area contributed by atoms with Gasteiger partial charge in [0.25, 0.3) is 0 Å². The number of benzene rings is 1. The third kappa shape index (κ3) is 6.11. The average molecular weight is 263 g/mol. The summed E-state index contributed by atoms with van der Waals surface area (Å²) in [4.78, 5) is 0. The molecule has 0 aliphatic carbocycles. The van der Waals surface area contributed by atoms with E-state index in [9.17, 15) is 0 Å². The zero-order valence-electron chi connectivity index (χ0n) is 12.7. The second-order valence-corrected chi connectivity index (χ2v) is 5.19. The summed E-state index contributed by atoms with van der Waals surface area (Å²) in [5.74, 6) is 0.977. The van der Waals surface area contributed by atoms with Crippen LogP contribution in [0.2, 0.25) is 0 Å². The highest BCUT2D eigenvalue weighted by molar-refractivity contribution is 5.35. The van der Waals surface area contributed by atoms with Crippen LogP contribution in [-0.4, -0.2) is 13.7 Å². The van der Waals surface area contributed by atoms with Crippen LogP contribution in [0.5, 0.6) is 5.75 Å². The molecule has 1 N–H and O–H groups in total. The second kappa shape index (κ2) is 9.85. The van der Waals surface area contributed by atoms with Gasteiger partial charge in [-0.05, 0) is 26.0 Å². The average Bonchev–Trinajstić information content (AvgIpc) is 2.46. The number of nitrogens with one attached hydrogen (secondary N) is 1. The maximum Gasteiger partial charge on any atom is 0.123 e. The summed E-state index contributed by atoms with van der Waals surface area (Å²) in [6.07, 6.45) is 8.07. The van der Waals surface area contributed by atoms with Gasteiger partial charge in [0.15, 0.2) is 0 Å². The predicted octanol–water partition coefficient (Wildman–Crippen LogP) is 4.71. The molecular formula is C17H29NO. The lowest BCUT2D eigenvalue weighted by atomic mass is 10.1. The molecule has 0 aromatic heterocycles. The quantitative estimate of drug-likeness (QED) is 0.617. The van der Waals surface area contributed by atoms with E-state index < -0.39 is 0 Å². The minimum Gasteiger partial charge on any atom is -0.496 e. The molecule has 0 spiro atoms. The molecule has 2 heteroatoms. The molecule has 1 rings (SSSR count). The molecular weight excluding hydrogens is 234 g/mol. The van der Waals surface area contributed by atoms with E-state index in [1.54, 1.807) is 7.11 Å². The van der Waals surface area contributed by atoms with Gasteiger partial charge in [-0.25, -0.2) is 0 Å². The Hall–Kier alpha value is -1.02. The molecule has 19 heavy (non-hydrogen) atoms. The van der Waals surface area contributed by atoms with Crippen molar-refractivity contribution < 1.29 is 4.74 Å². The first-order valence-electron chi connectivity index (χ1n) is 7.66.